The number of unbranched alkanes of at least 4 members (excludes halogenated alkanes) is 49. The Bertz CT molecular complexity index is 2000. The van der Waals surface area contributed by atoms with Gasteiger partial charge in [0, 0.05) is 19.4 Å². The second-order valence-electron chi connectivity index (χ2n) is 28.3. The topological polar surface area (TPSA) is 134 Å². The fourth-order valence-corrected chi connectivity index (χ4v) is 13.2. The van der Waals surface area contributed by atoms with Crippen LogP contribution in [0.3, 0.4) is 0 Å². The van der Waals surface area contributed by atoms with Gasteiger partial charge in [-0.3, -0.25) is 18.6 Å². The normalized spacial score (nSPS) is 13.4. The smallest absolute Gasteiger partial charge is 0.462 e. The number of nitrogens with two attached hydrogens (primary N) is 1. The van der Waals surface area contributed by atoms with E-state index in [1.807, 2.05) is 0 Å². The van der Waals surface area contributed by atoms with Gasteiger partial charge in [-0.2, -0.15) is 0 Å². The second kappa shape index (κ2) is 83.6. The highest BCUT2D eigenvalue weighted by Gasteiger charge is 2.26. The number of hydrogen-bond donors (Lipinski definition) is 2. The van der Waals surface area contributed by atoms with Crippen LogP contribution in [0.15, 0.2) is 109 Å². The number of allylic oxidation sites excluding steroid dienone is 18. The van der Waals surface area contributed by atoms with Crippen molar-refractivity contribution in [2.24, 2.45) is 5.73 Å². The van der Waals surface area contributed by atoms with Gasteiger partial charge in [-0.15, -0.1) is 0 Å². The minimum atomic E-state index is -4.40. The summed E-state index contributed by atoms with van der Waals surface area (Å²) in [5.74, 6) is -0.817. The van der Waals surface area contributed by atoms with Crippen molar-refractivity contribution in [3.8, 4) is 0 Å². The van der Waals surface area contributed by atoms with E-state index in [4.69, 9.17) is 24.3 Å². The third-order valence-electron chi connectivity index (χ3n) is 18.7. The number of esters is 2. The lowest BCUT2D eigenvalue weighted by Crippen LogP contribution is -2.29. The zero-order valence-corrected chi connectivity index (χ0v) is 65.9. The molecule has 0 spiro atoms. The highest BCUT2D eigenvalue weighted by atomic mass is 31.2. The Morgan fingerprint density at radius 3 is 0.828 bits per heavy atom. The van der Waals surface area contributed by atoms with Crippen molar-refractivity contribution in [2.45, 2.75) is 418 Å². The van der Waals surface area contributed by atoms with E-state index in [2.05, 4.69) is 123 Å². The van der Waals surface area contributed by atoms with Crippen molar-refractivity contribution >= 4 is 19.8 Å². The Kier molecular flexibility index (Phi) is 80.8. The molecule has 0 aliphatic heterocycles. The molecular formula is C89H160NO8P. The molecule has 3 N–H and O–H groups in total. The van der Waals surface area contributed by atoms with Gasteiger partial charge >= 0.3 is 19.8 Å². The van der Waals surface area contributed by atoms with Gasteiger partial charge in [0.2, 0.25) is 0 Å². The van der Waals surface area contributed by atoms with Gasteiger partial charge < -0.3 is 20.1 Å². The molecule has 0 rings (SSSR count). The molecule has 0 fully saturated rings. The Morgan fingerprint density at radius 2 is 0.556 bits per heavy atom. The molecule has 9 nitrogen and oxygen atoms in total. The number of phosphoric acid groups is 1. The van der Waals surface area contributed by atoms with E-state index < -0.39 is 26.5 Å². The standard InChI is InChI=1S/C89H160NO8P/c1-3-5-7-9-11-13-15-17-19-21-23-25-27-29-31-33-35-37-39-41-43-45-47-49-51-53-55-57-59-61-63-65-67-69-71-73-75-77-79-81-88(91)95-85-87(86-97-99(93,94)96-84-83-90)98-89(92)82-80-78-76-74-72-70-68-66-64-62-60-58-56-54-52-50-48-46-44-42-40-38-36-34-32-30-28-26-24-22-20-18-16-14-12-10-8-6-4-2/h6,8,12,14,18,20,24,26,30,32,36,38,42,44,48,50,54,56,87H,3-5,7,9-11,13,15-17,19,21-23,25,27-29,31,33-35,37,39-41,43,45-47,49,51-53,55,57-86,90H2,1-2H3,(H,93,94)/b8-6-,14-12-,20-18-,26-24-,32-30-,38-36-,44-42-,50-48-,56-54-. The minimum absolute atomic E-state index is 0.0507. The van der Waals surface area contributed by atoms with Crippen LogP contribution in [0, 0.1) is 0 Å². The zero-order valence-electron chi connectivity index (χ0n) is 65.0. The summed E-state index contributed by atoms with van der Waals surface area (Å²) in [6.07, 6.45) is 117. The van der Waals surface area contributed by atoms with Crippen LogP contribution >= 0.6 is 7.82 Å². The summed E-state index contributed by atoms with van der Waals surface area (Å²) in [5, 5.41) is 0. The summed E-state index contributed by atoms with van der Waals surface area (Å²) in [5.41, 5.74) is 5.42. The first kappa shape index (κ1) is 95.7. The van der Waals surface area contributed by atoms with E-state index >= 15 is 0 Å². The van der Waals surface area contributed by atoms with Gasteiger partial charge in [-0.25, -0.2) is 4.57 Å². The monoisotopic (exact) mass is 1400 g/mol. The Balaban J connectivity index is 3.80. The summed E-state index contributed by atoms with van der Waals surface area (Å²) in [7, 11) is -4.40. The number of rotatable bonds is 80. The summed E-state index contributed by atoms with van der Waals surface area (Å²) >= 11 is 0. The molecule has 2 atom stereocenters. The number of hydrogen-bond acceptors (Lipinski definition) is 8. The van der Waals surface area contributed by atoms with Crippen molar-refractivity contribution in [3.05, 3.63) is 109 Å². The molecule has 574 valence electrons. The lowest BCUT2D eigenvalue weighted by atomic mass is 10.0. The fraction of sp³-hybridized carbons (Fsp3) is 0.775. The average molecular weight is 1400 g/mol. The maximum atomic E-state index is 12.8. The lowest BCUT2D eigenvalue weighted by molar-refractivity contribution is -0.161. The van der Waals surface area contributed by atoms with Gasteiger partial charge in [-0.1, -0.05) is 425 Å². The first-order valence-corrected chi connectivity index (χ1v) is 43.9. The van der Waals surface area contributed by atoms with Crippen LogP contribution in [0.1, 0.15) is 412 Å². The Morgan fingerprint density at radius 1 is 0.313 bits per heavy atom. The van der Waals surface area contributed by atoms with E-state index in [1.54, 1.807) is 0 Å². The largest absolute Gasteiger partial charge is 0.472 e. The van der Waals surface area contributed by atoms with Crippen LogP contribution in [0.4, 0.5) is 0 Å². The van der Waals surface area contributed by atoms with E-state index in [-0.39, 0.29) is 38.6 Å². The molecule has 99 heavy (non-hydrogen) atoms. The van der Waals surface area contributed by atoms with E-state index in [0.29, 0.717) is 6.42 Å². The van der Waals surface area contributed by atoms with E-state index in [9.17, 15) is 19.0 Å². The van der Waals surface area contributed by atoms with Crippen LogP contribution in [-0.4, -0.2) is 49.3 Å². The number of phosphoric ester groups is 1. The van der Waals surface area contributed by atoms with Gasteiger partial charge in [-0.05, 0) is 83.5 Å². The van der Waals surface area contributed by atoms with E-state index in [1.165, 1.54) is 276 Å². The molecule has 0 aromatic rings. The molecular weight excluding hydrogens is 1240 g/mol. The molecule has 0 aromatic heterocycles. The van der Waals surface area contributed by atoms with Gasteiger partial charge in [0.05, 0.1) is 13.2 Å². The van der Waals surface area contributed by atoms with Crippen molar-refractivity contribution in [2.75, 3.05) is 26.4 Å². The average Bonchev–Trinajstić information content (AvgIpc) is 1.35. The molecule has 2 unspecified atom stereocenters. The van der Waals surface area contributed by atoms with Crippen LogP contribution in [0.25, 0.3) is 0 Å². The van der Waals surface area contributed by atoms with Gasteiger partial charge in [0.25, 0.3) is 0 Å². The SMILES string of the molecule is CC/C=C\C/C=C\C/C=C\C/C=C\C/C=C\C/C=C\C/C=C\C/C=C\C/C=C\CCCCCCCCCCCCCC(=O)OC(COC(=O)CCCCCCCCCCCCCCCCCCCCCCCCCCCCCCCCCCCCCCCCC)COP(=O)(O)OCCN. The molecule has 0 amide bonds. The molecule has 0 heterocycles. The summed E-state index contributed by atoms with van der Waals surface area (Å²) < 4.78 is 33.3. The molecule has 0 aromatic carbocycles. The van der Waals surface area contributed by atoms with Crippen LogP contribution in [0.5, 0.6) is 0 Å². The Labute approximate surface area is 613 Å². The number of carbonyl (C=O) groups is 2. The molecule has 0 saturated heterocycles. The fourth-order valence-electron chi connectivity index (χ4n) is 12.5. The highest BCUT2D eigenvalue weighted by molar-refractivity contribution is 7.47. The summed E-state index contributed by atoms with van der Waals surface area (Å²) in [6.45, 7) is 3.68. The molecule has 10 heteroatoms. The van der Waals surface area contributed by atoms with Gasteiger partial charge in [0.1, 0.15) is 6.61 Å². The molecule has 0 aliphatic carbocycles. The predicted octanol–water partition coefficient (Wildman–Crippen LogP) is 28.8. The van der Waals surface area contributed by atoms with Crippen molar-refractivity contribution in [3.63, 3.8) is 0 Å². The van der Waals surface area contributed by atoms with Crippen molar-refractivity contribution in [1.29, 1.82) is 0 Å². The van der Waals surface area contributed by atoms with Crippen LogP contribution < -0.4 is 5.73 Å². The molecule has 0 radical (unpaired) electrons. The zero-order chi connectivity index (χ0) is 71.5. The molecule has 0 saturated carbocycles. The summed E-state index contributed by atoms with van der Waals surface area (Å²) in [4.78, 5) is 35.5. The second-order valence-corrected chi connectivity index (χ2v) is 29.8. The third-order valence-corrected chi connectivity index (χ3v) is 19.7. The van der Waals surface area contributed by atoms with Crippen LogP contribution in [-0.2, 0) is 32.7 Å². The summed E-state index contributed by atoms with van der Waals surface area (Å²) in [6, 6.07) is 0. The third kappa shape index (κ3) is 83.5. The predicted molar refractivity (Wildman–Crippen MR) is 431 cm³/mol. The molecule has 0 aliphatic rings. The maximum absolute atomic E-state index is 12.8. The molecule has 0 bridgehead atoms. The first-order valence-electron chi connectivity index (χ1n) is 42.4. The van der Waals surface area contributed by atoms with Crippen LogP contribution in [0.2, 0.25) is 0 Å². The van der Waals surface area contributed by atoms with E-state index in [0.717, 1.165) is 103 Å². The Hall–Kier alpha value is -3.33. The highest BCUT2D eigenvalue weighted by Crippen LogP contribution is 2.43. The van der Waals surface area contributed by atoms with Gasteiger partial charge in [0.15, 0.2) is 6.10 Å². The van der Waals surface area contributed by atoms with Crippen molar-refractivity contribution in [1.82, 2.24) is 0 Å². The quantitative estimate of drug-likeness (QED) is 0.0264. The minimum Gasteiger partial charge on any atom is -0.462 e. The number of ether oxygens (including phenoxy) is 2. The first-order chi connectivity index (χ1) is 48.8. The number of carbonyl (C=O) groups excluding carboxylic acids is 2. The maximum Gasteiger partial charge on any atom is 0.472 e. The lowest BCUT2D eigenvalue weighted by Gasteiger charge is -2.19. The van der Waals surface area contributed by atoms with Crippen molar-refractivity contribution < 1.29 is 37.6 Å².